The molecule has 1 unspecified atom stereocenters. The molecule has 4 atom stereocenters. The van der Waals surface area contributed by atoms with Gasteiger partial charge in [-0.3, -0.25) is 4.79 Å². The van der Waals surface area contributed by atoms with Crippen LogP contribution in [-0.4, -0.2) is 5.78 Å². The Hall–Kier alpha value is -0.590. The Morgan fingerprint density at radius 2 is 2.12 bits per heavy atom. The lowest BCUT2D eigenvalue weighted by Gasteiger charge is -2.58. The van der Waals surface area contributed by atoms with Gasteiger partial charge in [-0.2, -0.15) is 0 Å². The highest BCUT2D eigenvalue weighted by molar-refractivity contribution is 5.87. The summed E-state index contributed by atoms with van der Waals surface area (Å²) in [6, 6.07) is 0. The smallest absolute Gasteiger partial charge is 0.139 e. The standard InChI is InChI=1S/C15H24O/c1-9(2)6-10(3)12-7-11-8-13(14(12)16)15(11,4)5/h10-13H,1,6-8H2,2-5H3/t10-,11+,12-,13?/m1/s1. The summed E-state index contributed by atoms with van der Waals surface area (Å²) in [6.07, 6.45) is 3.29. The Labute approximate surface area is 99.3 Å². The molecule has 0 aliphatic heterocycles. The Balaban J connectivity index is 2.06. The summed E-state index contributed by atoms with van der Waals surface area (Å²) in [6.45, 7) is 12.8. The molecule has 16 heavy (non-hydrogen) atoms. The van der Waals surface area contributed by atoms with Crippen molar-refractivity contribution in [2.45, 2.75) is 47.0 Å². The van der Waals surface area contributed by atoms with Crippen molar-refractivity contribution in [2.75, 3.05) is 0 Å². The fraction of sp³-hybridized carbons (Fsp3) is 0.800. The second-order valence-electron chi connectivity index (χ2n) is 6.69. The second-order valence-corrected chi connectivity index (χ2v) is 6.69. The molecule has 3 aliphatic carbocycles. The van der Waals surface area contributed by atoms with Gasteiger partial charge in [0.25, 0.3) is 0 Å². The van der Waals surface area contributed by atoms with Crippen LogP contribution in [0.4, 0.5) is 0 Å². The number of hydrogen-bond donors (Lipinski definition) is 0. The van der Waals surface area contributed by atoms with Crippen LogP contribution in [0.3, 0.4) is 0 Å². The van der Waals surface area contributed by atoms with E-state index >= 15 is 0 Å². The molecule has 1 heteroatoms. The molecule has 0 N–H and O–H groups in total. The lowest BCUT2D eigenvalue weighted by atomic mass is 9.45. The van der Waals surface area contributed by atoms with Gasteiger partial charge in [0, 0.05) is 11.8 Å². The largest absolute Gasteiger partial charge is 0.299 e. The van der Waals surface area contributed by atoms with Gasteiger partial charge in [0.05, 0.1) is 0 Å². The first kappa shape index (κ1) is 11.9. The molecule has 0 radical (unpaired) electrons. The van der Waals surface area contributed by atoms with E-state index in [0.29, 0.717) is 23.5 Å². The highest BCUT2D eigenvalue weighted by Crippen LogP contribution is 2.60. The predicted octanol–water partition coefficient (Wildman–Crippen LogP) is 3.84. The molecule has 0 aromatic heterocycles. The van der Waals surface area contributed by atoms with E-state index < -0.39 is 0 Å². The van der Waals surface area contributed by atoms with Crippen molar-refractivity contribution in [3.8, 4) is 0 Å². The first-order valence-electron chi connectivity index (χ1n) is 6.52. The van der Waals surface area contributed by atoms with E-state index in [1.807, 2.05) is 0 Å². The van der Waals surface area contributed by atoms with Gasteiger partial charge in [-0.25, -0.2) is 0 Å². The van der Waals surface area contributed by atoms with E-state index in [4.69, 9.17) is 0 Å². The van der Waals surface area contributed by atoms with Crippen LogP contribution in [0, 0.1) is 29.1 Å². The van der Waals surface area contributed by atoms with Crippen LogP contribution in [0.15, 0.2) is 12.2 Å². The molecule has 0 amide bonds. The Kier molecular flexibility index (Phi) is 2.76. The van der Waals surface area contributed by atoms with Crippen molar-refractivity contribution in [1.29, 1.82) is 0 Å². The van der Waals surface area contributed by atoms with Crippen LogP contribution < -0.4 is 0 Å². The zero-order chi connectivity index (χ0) is 12.1. The average Bonchev–Trinajstić information content (AvgIpc) is 2.15. The summed E-state index contributed by atoms with van der Waals surface area (Å²) < 4.78 is 0. The lowest BCUT2D eigenvalue weighted by molar-refractivity contribution is -0.159. The van der Waals surface area contributed by atoms with Gasteiger partial charge in [0.15, 0.2) is 0 Å². The minimum Gasteiger partial charge on any atom is -0.299 e. The molecule has 3 aliphatic rings. The van der Waals surface area contributed by atoms with Crippen molar-refractivity contribution >= 4 is 5.78 Å². The molecule has 0 aromatic rings. The molecule has 1 nitrogen and oxygen atoms in total. The predicted molar refractivity (Wildman–Crippen MR) is 67.1 cm³/mol. The number of carbonyl (C=O) groups excluding carboxylic acids is 1. The normalized spacial score (nSPS) is 37.8. The van der Waals surface area contributed by atoms with E-state index in [2.05, 4.69) is 34.3 Å². The number of hydrogen-bond acceptors (Lipinski definition) is 1. The van der Waals surface area contributed by atoms with Gasteiger partial charge in [-0.05, 0) is 43.4 Å². The lowest BCUT2D eigenvalue weighted by Crippen LogP contribution is -2.57. The molecule has 3 saturated carbocycles. The molecule has 3 rings (SSSR count). The second kappa shape index (κ2) is 3.72. The van der Waals surface area contributed by atoms with Gasteiger partial charge < -0.3 is 0 Å². The fourth-order valence-corrected chi connectivity index (χ4v) is 3.78. The third-order valence-corrected chi connectivity index (χ3v) is 5.08. The monoisotopic (exact) mass is 220 g/mol. The van der Waals surface area contributed by atoms with Gasteiger partial charge in [0.1, 0.15) is 5.78 Å². The van der Waals surface area contributed by atoms with Gasteiger partial charge in [0.2, 0.25) is 0 Å². The van der Waals surface area contributed by atoms with Crippen LogP contribution in [-0.2, 0) is 4.79 Å². The maximum atomic E-state index is 12.4. The minimum absolute atomic E-state index is 0.288. The molecule has 0 aromatic carbocycles. The van der Waals surface area contributed by atoms with E-state index in [1.165, 1.54) is 5.57 Å². The number of allylic oxidation sites excluding steroid dienone is 1. The first-order valence-corrected chi connectivity index (χ1v) is 6.52. The van der Waals surface area contributed by atoms with Gasteiger partial charge >= 0.3 is 0 Å². The van der Waals surface area contributed by atoms with E-state index in [1.54, 1.807) is 0 Å². The maximum Gasteiger partial charge on any atom is 0.139 e. The van der Waals surface area contributed by atoms with Crippen molar-refractivity contribution in [2.24, 2.45) is 29.1 Å². The van der Waals surface area contributed by atoms with Crippen LogP contribution in [0.5, 0.6) is 0 Å². The van der Waals surface area contributed by atoms with Crippen LogP contribution >= 0.6 is 0 Å². The summed E-state index contributed by atoms with van der Waals surface area (Å²) in [5.41, 5.74) is 1.50. The van der Waals surface area contributed by atoms with Gasteiger partial charge in [-0.1, -0.05) is 26.3 Å². The third kappa shape index (κ3) is 1.65. The zero-order valence-corrected chi connectivity index (χ0v) is 11.0. The number of carbonyl (C=O) groups is 1. The fourth-order valence-electron chi connectivity index (χ4n) is 3.78. The zero-order valence-electron chi connectivity index (χ0n) is 11.0. The Morgan fingerprint density at radius 3 is 2.56 bits per heavy atom. The van der Waals surface area contributed by atoms with Crippen molar-refractivity contribution in [1.82, 2.24) is 0 Å². The van der Waals surface area contributed by atoms with Crippen molar-refractivity contribution in [3.63, 3.8) is 0 Å². The Bertz CT molecular complexity index is 326. The summed E-state index contributed by atoms with van der Waals surface area (Å²) in [5, 5.41) is 0. The van der Waals surface area contributed by atoms with Crippen LogP contribution in [0.25, 0.3) is 0 Å². The van der Waals surface area contributed by atoms with Crippen molar-refractivity contribution < 1.29 is 4.79 Å². The summed E-state index contributed by atoms with van der Waals surface area (Å²) in [4.78, 5) is 12.4. The summed E-state index contributed by atoms with van der Waals surface area (Å²) >= 11 is 0. The van der Waals surface area contributed by atoms with E-state index in [0.717, 1.165) is 25.2 Å². The first-order chi connectivity index (χ1) is 7.34. The number of rotatable bonds is 3. The maximum absolute atomic E-state index is 12.4. The molecule has 0 spiro atoms. The van der Waals surface area contributed by atoms with Crippen LogP contribution in [0.1, 0.15) is 47.0 Å². The minimum atomic E-state index is 0.288. The molecular formula is C15H24O. The highest BCUT2D eigenvalue weighted by Gasteiger charge is 2.58. The molecule has 0 saturated heterocycles. The molecule has 0 heterocycles. The number of fused-ring (bicyclic) bond motifs is 2. The summed E-state index contributed by atoms with van der Waals surface area (Å²) in [5.74, 6) is 2.48. The van der Waals surface area contributed by atoms with E-state index in [9.17, 15) is 4.79 Å². The van der Waals surface area contributed by atoms with E-state index in [-0.39, 0.29) is 5.41 Å². The molecule has 3 fully saturated rings. The molecular weight excluding hydrogens is 196 g/mol. The molecule has 90 valence electrons. The number of Topliss-reactive ketones (excluding diaryl/α,β-unsaturated/α-hetero) is 1. The Morgan fingerprint density at radius 1 is 1.50 bits per heavy atom. The molecule has 2 bridgehead atoms. The van der Waals surface area contributed by atoms with Crippen molar-refractivity contribution in [3.05, 3.63) is 12.2 Å². The summed E-state index contributed by atoms with van der Waals surface area (Å²) in [7, 11) is 0. The SMILES string of the molecule is C=C(C)C[C@@H](C)[C@H]1C[C@H]2CC(C1=O)C2(C)C. The third-order valence-electron chi connectivity index (χ3n) is 5.08. The van der Waals surface area contributed by atoms with Gasteiger partial charge in [-0.15, -0.1) is 6.58 Å². The number of ketones is 1. The highest BCUT2D eigenvalue weighted by atomic mass is 16.1. The quantitative estimate of drug-likeness (QED) is 0.660. The van der Waals surface area contributed by atoms with Crippen LogP contribution in [0.2, 0.25) is 0 Å². The average molecular weight is 220 g/mol. The topological polar surface area (TPSA) is 17.1 Å².